The summed E-state index contributed by atoms with van der Waals surface area (Å²) in [6, 6.07) is 4.08. The fourth-order valence-corrected chi connectivity index (χ4v) is 1.30. The number of hydrogen-bond acceptors (Lipinski definition) is 1. The van der Waals surface area contributed by atoms with Gasteiger partial charge in [0.15, 0.2) is 0 Å². The van der Waals surface area contributed by atoms with Gasteiger partial charge in [-0.2, -0.15) is 0 Å². The van der Waals surface area contributed by atoms with Crippen LogP contribution in [0.15, 0.2) is 30.0 Å². The summed E-state index contributed by atoms with van der Waals surface area (Å²) in [5.74, 6) is 0. The zero-order valence-electron chi connectivity index (χ0n) is 7.12. The Balaban J connectivity index is 2.72. The first kappa shape index (κ1) is 7.29. The lowest BCUT2D eigenvalue weighted by Crippen LogP contribution is -2.26. The molecule has 0 N–H and O–H groups in total. The molecule has 0 atom stereocenters. The monoisotopic (exact) mass is 157 g/mol. The zero-order chi connectivity index (χ0) is 8.39. The summed E-state index contributed by atoms with van der Waals surface area (Å²) in [7, 11) is 0. The molecule has 0 saturated carbocycles. The Kier molecular flexibility index (Phi) is 1.78. The second-order valence-corrected chi connectivity index (χ2v) is 3.07. The molecule has 12 heavy (non-hydrogen) atoms. The van der Waals surface area contributed by atoms with Gasteiger partial charge in [0.2, 0.25) is 0 Å². The molecular weight excluding hydrogens is 146 g/mol. The van der Waals surface area contributed by atoms with E-state index in [1.165, 1.54) is 10.8 Å². The summed E-state index contributed by atoms with van der Waals surface area (Å²) in [5, 5.41) is 2.32. The maximum atomic E-state index is 4.28. The quantitative estimate of drug-likeness (QED) is 0.547. The van der Waals surface area contributed by atoms with Gasteiger partial charge in [-0.25, -0.2) is 0 Å². The van der Waals surface area contributed by atoms with Gasteiger partial charge < -0.3 is 0 Å². The van der Waals surface area contributed by atoms with Crippen molar-refractivity contribution in [3.63, 3.8) is 0 Å². The molecule has 1 aromatic rings. The van der Waals surface area contributed by atoms with Crippen LogP contribution in [-0.2, 0) is 0 Å². The summed E-state index contributed by atoms with van der Waals surface area (Å²) in [6.45, 7) is 2.14. The number of pyridine rings is 1. The molecule has 0 spiro atoms. The predicted octanol–water partition coefficient (Wildman–Crippen LogP) is 0.993. The lowest BCUT2D eigenvalue weighted by molar-refractivity contribution is 1.21. The molecule has 60 valence electrons. The average molecular weight is 157 g/mol. The van der Waals surface area contributed by atoms with E-state index >= 15 is 0 Å². The third-order valence-corrected chi connectivity index (χ3v) is 2.04. The smallest absolute Gasteiger partial charge is 0.0698 e. The largest absolute Gasteiger partial charge is 0.256 e. The number of fused-ring (bicyclic) bond motifs is 1. The summed E-state index contributed by atoms with van der Waals surface area (Å²) < 4.78 is 0. The number of allylic oxidation sites excluding steroid dienone is 2. The van der Waals surface area contributed by atoms with Crippen LogP contribution in [0.1, 0.15) is 13.3 Å². The first-order chi connectivity index (χ1) is 5.86. The molecule has 1 aromatic heterocycles. The molecule has 1 nitrogen and oxygen atoms in total. The minimum Gasteiger partial charge on any atom is -0.256 e. The Bertz CT molecular complexity index is 427. The van der Waals surface area contributed by atoms with Crippen LogP contribution in [0.4, 0.5) is 0 Å². The van der Waals surface area contributed by atoms with Crippen LogP contribution in [0.5, 0.6) is 0 Å². The molecule has 1 heterocycles. The van der Waals surface area contributed by atoms with E-state index in [0.29, 0.717) is 0 Å². The van der Waals surface area contributed by atoms with E-state index in [4.69, 9.17) is 0 Å². The van der Waals surface area contributed by atoms with Crippen molar-refractivity contribution < 1.29 is 0 Å². The highest BCUT2D eigenvalue weighted by Crippen LogP contribution is 2.01. The normalized spacial score (nSPS) is 14.9. The molecule has 0 fully saturated rings. The van der Waals surface area contributed by atoms with Gasteiger partial charge in [-0.05, 0) is 30.7 Å². The van der Waals surface area contributed by atoms with E-state index in [-0.39, 0.29) is 0 Å². The average Bonchev–Trinajstić information content (AvgIpc) is 2.29. The molecule has 1 aliphatic rings. The van der Waals surface area contributed by atoms with Crippen LogP contribution in [-0.4, -0.2) is 4.98 Å². The van der Waals surface area contributed by atoms with E-state index in [1.807, 2.05) is 12.3 Å². The van der Waals surface area contributed by atoms with Gasteiger partial charge in [0.1, 0.15) is 0 Å². The fraction of sp³-hybridized carbons (Fsp3) is 0.182. The van der Waals surface area contributed by atoms with Crippen molar-refractivity contribution in [2.75, 3.05) is 0 Å². The predicted molar refractivity (Wildman–Crippen MR) is 50.8 cm³/mol. The molecule has 0 unspecified atom stereocenters. The van der Waals surface area contributed by atoms with Crippen LogP contribution in [0.3, 0.4) is 0 Å². The van der Waals surface area contributed by atoms with Gasteiger partial charge in [0.25, 0.3) is 0 Å². The lowest BCUT2D eigenvalue weighted by Gasteiger charge is -1.88. The van der Waals surface area contributed by atoms with Crippen molar-refractivity contribution in [3.8, 4) is 0 Å². The van der Waals surface area contributed by atoms with Crippen LogP contribution in [0.2, 0.25) is 0 Å². The van der Waals surface area contributed by atoms with E-state index in [2.05, 4.69) is 36.2 Å². The van der Waals surface area contributed by atoms with Gasteiger partial charge in [-0.3, -0.25) is 4.98 Å². The molecule has 0 aromatic carbocycles. The molecule has 0 saturated heterocycles. The van der Waals surface area contributed by atoms with Crippen molar-refractivity contribution in [3.05, 3.63) is 40.5 Å². The van der Waals surface area contributed by atoms with E-state index < -0.39 is 0 Å². The Labute approximate surface area is 71.8 Å². The summed E-state index contributed by atoms with van der Waals surface area (Å²) in [5.41, 5.74) is 1.38. The van der Waals surface area contributed by atoms with Gasteiger partial charge in [-0.15, -0.1) is 0 Å². The third kappa shape index (κ3) is 1.30. The van der Waals surface area contributed by atoms with Crippen molar-refractivity contribution in [1.29, 1.82) is 0 Å². The molecule has 2 rings (SSSR count). The number of nitrogens with zero attached hydrogens (tertiary/aromatic N) is 1. The number of hydrogen-bond donors (Lipinski definition) is 0. The Hall–Kier alpha value is -1.37. The number of aromatic nitrogens is 1. The molecule has 0 amide bonds. The topological polar surface area (TPSA) is 12.9 Å². The zero-order valence-corrected chi connectivity index (χ0v) is 7.12. The lowest BCUT2D eigenvalue weighted by atomic mass is 10.2. The molecule has 0 aliphatic heterocycles. The maximum Gasteiger partial charge on any atom is 0.0698 e. The highest BCUT2D eigenvalue weighted by molar-refractivity contribution is 5.44. The van der Waals surface area contributed by atoms with Crippen molar-refractivity contribution in [2.45, 2.75) is 13.3 Å². The van der Waals surface area contributed by atoms with E-state index in [0.717, 1.165) is 11.8 Å². The maximum absolute atomic E-state index is 4.28. The fourth-order valence-electron chi connectivity index (χ4n) is 1.30. The van der Waals surface area contributed by atoms with Crippen molar-refractivity contribution in [2.24, 2.45) is 0 Å². The molecule has 1 aliphatic carbocycles. The van der Waals surface area contributed by atoms with Crippen molar-refractivity contribution in [1.82, 2.24) is 4.98 Å². The van der Waals surface area contributed by atoms with Gasteiger partial charge >= 0.3 is 0 Å². The standard InChI is InChI=1S/C11H11N/c1-9-4-6-10-3-2-8-12-11(10)7-5-9/h2-3,5-8H,4H2,1H3. The van der Waals surface area contributed by atoms with Crippen LogP contribution < -0.4 is 10.6 Å². The number of rotatable bonds is 0. The summed E-state index contributed by atoms with van der Waals surface area (Å²) in [6.07, 6.45) is 9.30. The first-order valence-electron chi connectivity index (χ1n) is 4.15. The van der Waals surface area contributed by atoms with Gasteiger partial charge in [-0.1, -0.05) is 23.8 Å². The SMILES string of the molecule is CC1=CC=c2ncccc2=CC1. The summed E-state index contributed by atoms with van der Waals surface area (Å²) >= 11 is 0. The van der Waals surface area contributed by atoms with Gasteiger partial charge in [0.05, 0.1) is 5.35 Å². The highest BCUT2D eigenvalue weighted by atomic mass is 14.6. The highest BCUT2D eigenvalue weighted by Gasteiger charge is 1.91. The van der Waals surface area contributed by atoms with Crippen LogP contribution in [0, 0.1) is 0 Å². The van der Waals surface area contributed by atoms with E-state index in [1.54, 1.807) is 0 Å². The minimum atomic E-state index is 1.04. The second-order valence-electron chi connectivity index (χ2n) is 3.07. The Morgan fingerprint density at radius 3 is 3.17 bits per heavy atom. The molecule has 1 heteroatoms. The summed E-state index contributed by atoms with van der Waals surface area (Å²) in [4.78, 5) is 4.28. The molecule has 0 radical (unpaired) electrons. The Morgan fingerprint density at radius 2 is 2.25 bits per heavy atom. The third-order valence-electron chi connectivity index (χ3n) is 2.04. The molecular formula is C11H11N. The molecule has 0 bridgehead atoms. The Morgan fingerprint density at radius 1 is 1.33 bits per heavy atom. The second kappa shape index (κ2) is 2.94. The first-order valence-corrected chi connectivity index (χ1v) is 4.15. The van der Waals surface area contributed by atoms with Gasteiger partial charge in [0, 0.05) is 6.20 Å². The van der Waals surface area contributed by atoms with Crippen LogP contribution in [0.25, 0.3) is 12.2 Å². The van der Waals surface area contributed by atoms with Crippen molar-refractivity contribution >= 4 is 12.2 Å². The minimum absolute atomic E-state index is 1.04. The van der Waals surface area contributed by atoms with Crippen LogP contribution >= 0.6 is 0 Å². The van der Waals surface area contributed by atoms with E-state index in [9.17, 15) is 0 Å².